The number of nitriles is 1. The zero-order valence-electron chi connectivity index (χ0n) is 12.3. The van der Waals surface area contributed by atoms with Gasteiger partial charge in [-0.15, -0.1) is 0 Å². The van der Waals surface area contributed by atoms with Crippen molar-refractivity contribution in [2.75, 3.05) is 4.90 Å². The first-order valence-electron chi connectivity index (χ1n) is 7.67. The van der Waals surface area contributed by atoms with Gasteiger partial charge in [0.25, 0.3) is 0 Å². The van der Waals surface area contributed by atoms with Crippen LogP contribution in [0.15, 0.2) is 36.4 Å². The van der Waals surface area contributed by atoms with Crippen molar-refractivity contribution in [2.45, 2.75) is 19.3 Å². The lowest BCUT2D eigenvalue weighted by molar-refractivity contribution is -0.123. The summed E-state index contributed by atoms with van der Waals surface area (Å²) in [6.07, 6.45) is 5.13. The van der Waals surface area contributed by atoms with E-state index in [4.69, 9.17) is 5.26 Å². The maximum atomic E-state index is 12.7. The van der Waals surface area contributed by atoms with E-state index >= 15 is 0 Å². The molecular weight excluding hydrogens is 276 g/mol. The van der Waals surface area contributed by atoms with E-state index in [1.807, 2.05) is 19.1 Å². The van der Waals surface area contributed by atoms with Gasteiger partial charge in [-0.3, -0.25) is 14.5 Å². The lowest BCUT2D eigenvalue weighted by atomic mass is 9.85. The first-order chi connectivity index (χ1) is 10.6. The molecule has 0 spiro atoms. The summed E-state index contributed by atoms with van der Waals surface area (Å²) in [7, 11) is 0. The molecule has 3 aliphatic rings. The van der Waals surface area contributed by atoms with Gasteiger partial charge in [0.15, 0.2) is 0 Å². The van der Waals surface area contributed by atoms with Gasteiger partial charge in [-0.2, -0.15) is 5.26 Å². The van der Waals surface area contributed by atoms with E-state index in [0.717, 1.165) is 12.0 Å². The average Bonchev–Trinajstić information content (AvgIpc) is 3.21. The summed E-state index contributed by atoms with van der Waals surface area (Å²) in [5, 5.41) is 8.95. The van der Waals surface area contributed by atoms with Crippen LogP contribution in [0.1, 0.15) is 24.8 Å². The Morgan fingerprint density at radius 2 is 1.64 bits per heavy atom. The predicted molar refractivity (Wildman–Crippen MR) is 80.7 cm³/mol. The number of rotatable bonds is 2. The van der Waals surface area contributed by atoms with Crippen molar-refractivity contribution in [3.8, 4) is 6.07 Å². The maximum Gasteiger partial charge on any atom is 0.238 e. The summed E-state index contributed by atoms with van der Waals surface area (Å²) in [6, 6.07) is 9.38. The fourth-order valence-corrected chi connectivity index (χ4v) is 4.14. The van der Waals surface area contributed by atoms with Crippen molar-refractivity contribution in [3.63, 3.8) is 0 Å². The number of hydrogen-bond acceptors (Lipinski definition) is 3. The Labute approximate surface area is 129 Å². The number of carbonyl (C=O) groups is 2. The molecule has 1 saturated heterocycles. The monoisotopic (exact) mass is 292 g/mol. The third-order valence-electron chi connectivity index (χ3n) is 5.32. The molecule has 0 aromatic heterocycles. The maximum absolute atomic E-state index is 12.7. The molecule has 0 radical (unpaired) electrons. The number of anilines is 1. The number of carbonyl (C=O) groups excluding carboxylic acids is 2. The molecule has 0 N–H and O–H groups in total. The molecule has 1 aliphatic heterocycles. The van der Waals surface area contributed by atoms with Crippen molar-refractivity contribution in [2.24, 2.45) is 23.7 Å². The quantitative estimate of drug-likeness (QED) is 0.622. The summed E-state index contributed by atoms with van der Waals surface area (Å²) in [4.78, 5) is 26.7. The Kier molecular flexibility index (Phi) is 2.74. The van der Waals surface area contributed by atoms with Crippen LogP contribution in [0.2, 0.25) is 0 Å². The van der Waals surface area contributed by atoms with Crippen molar-refractivity contribution in [1.82, 2.24) is 0 Å². The Morgan fingerprint density at radius 3 is 2.14 bits per heavy atom. The fraction of sp³-hybridized carbons (Fsp3) is 0.389. The van der Waals surface area contributed by atoms with Crippen LogP contribution in [-0.2, 0) is 9.59 Å². The van der Waals surface area contributed by atoms with E-state index in [1.54, 1.807) is 12.1 Å². The number of allylic oxidation sites excluding steroid dienone is 2. The minimum atomic E-state index is -0.196. The number of benzene rings is 1. The minimum Gasteiger partial charge on any atom is -0.274 e. The van der Waals surface area contributed by atoms with Crippen LogP contribution in [0.4, 0.5) is 5.69 Å². The van der Waals surface area contributed by atoms with Gasteiger partial charge in [0.1, 0.15) is 0 Å². The Morgan fingerprint density at radius 1 is 1.09 bits per heavy atom. The summed E-state index contributed by atoms with van der Waals surface area (Å²) >= 11 is 0. The van der Waals surface area contributed by atoms with Gasteiger partial charge in [0.2, 0.25) is 11.8 Å². The smallest absolute Gasteiger partial charge is 0.238 e. The van der Waals surface area contributed by atoms with Gasteiger partial charge in [-0.25, -0.2) is 0 Å². The Balaban J connectivity index is 1.66. The second kappa shape index (κ2) is 4.54. The number of imide groups is 1. The molecule has 110 valence electrons. The van der Waals surface area contributed by atoms with Crippen molar-refractivity contribution in [3.05, 3.63) is 42.0 Å². The highest BCUT2D eigenvalue weighted by Crippen LogP contribution is 2.53. The van der Waals surface area contributed by atoms with Crippen LogP contribution in [0.3, 0.4) is 0 Å². The molecule has 1 saturated carbocycles. The molecular formula is C18H16N2O2. The van der Waals surface area contributed by atoms with Crippen LogP contribution >= 0.6 is 0 Å². The largest absolute Gasteiger partial charge is 0.274 e. The highest BCUT2D eigenvalue weighted by atomic mass is 16.2. The van der Waals surface area contributed by atoms with Gasteiger partial charge in [-0.05, 0) is 42.9 Å². The van der Waals surface area contributed by atoms with Crippen molar-refractivity contribution in [1.29, 1.82) is 5.26 Å². The second-order valence-corrected chi connectivity index (χ2v) is 6.45. The van der Waals surface area contributed by atoms with E-state index in [2.05, 4.69) is 18.2 Å². The Bertz CT molecular complexity index is 698. The third-order valence-corrected chi connectivity index (χ3v) is 5.32. The zero-order valence-corrected chi connectivity index (χ0v) is 12.3. The molecule has 1 aromatic carbocycles. The molecule has 5 atom stereocenters. The molecule has 2 bridgehead atoms. The number of amides is 2. The third kappa shape index (κ3) is 1.62. The van der Waals surface area contributed by atoms with Crippen LogP contribution in [0, 0.1) is 35.0 Å². The van der Waals surface area contributed by atoms with E-state index in [1.165, 1.54) is 4.90 Å². The number of hydrogen-bond donors (Lipinski definition) is 0. The first kappa shape index (κ1) is 13.3. The van der Waals surface area contributed by atoms with Gasteiger partial charge < -0.3 is 0 Å². The SMILES string of the molecule is C[C@H](C#N)c1ccc(N2C(=O)[C@@H]3[C@@H](C2=O)[C@H]2C=C[C@H]3C2)cc1. The summed E-state index contributed by atoms with van der Waals surface area (Å²) in [5.74, 6) is -0.191. The number of fused-ring (bicyclic) bond motifs is 5. The Hall–Kier alpha value is -2.41. The number of nitrogens with zero attached hydrogens (tertiary/aromatic N) is 2. The van der Waals surface area contributed by atoms with Crippen molar-refractivity contribution >= 4 is 17.5 Å². The molecule has 2 aliphatic carbocycles. The predicted octanol–water partition coefficient (Wildman–Crippen LogP) is 2.63. The molecule has 4 heteroatoms. The molecule has 4 rings (SSSR count). The van der Waals surface area contributed by atoms with Gasteiger partial charge in [0.05, 0.1) is 29.5 Å². The van der Waals surface area contributed by atoms with E-state index < -0.39 is 0 Å². The van der Waals surface area contributed by atoms with E-state index in [0.29, 0.717) is 5.69 Å². The van der Waals surface area contributed by atoms with Crippen LogP contribution in [0.5, 0.6) is 0 Å². The first-order valence-corrected chi connectivity index (χ1v) is 7.67. The molecule has 4 nitrogen and oxygen atoms in total. The lowest BCUT2D eigenvalue weighted by Gasteiger charge is -2.17. The lowest BCUT2D eigenvalue weighted by Crippen LogP contribution is -2.32. The molecule has 22 heavy (non-hydrogen) atoms. The standard InChI is InChI=1S/C18H16N2O2/c1-10(9-19)11-4-6-14(7-5-11)20-17(21)15-12-2-3-13(8-12)16(15)18(20)22/h2-7,10,12-13,15-16H,8H2,1H3/t10-,12+,13+,15+,16+/m1/s1. The van der Waals surface area contributed by atoms with Gasteiger partial charge in [0, 0.05) is 0 Å². The molecule has 1 heterocycles. The van der Waals surface area contributed by atoms with Crippen LogP contribution < -0.4 is 4.90 Å². The van der Waals surface area contributed by atoms with Crippen LogP contribution in [-0.4, -0.2) is 11.8 Å². The average molecular weight is 292 g/mol. The summed E-state index contributed by atoms with van der Waals surface area (Å²) in [5.41, 5.74) is 1.52. The summed E-state index contributed by atoms with van der Waals surface area (Å²) in [6.45, 7) is 1.83. The zero-order chi connectivity index (χ0) is 15.4. The molecule has 2 fully saturated rings. The van der Waals surface area contributed by atoms with Gasteiger partial charge in [-0.1, -0.05) is 24.3 Å². The summed E-state index contributed by atoms with van der Waals surface area (Å²) < 4.78 is 0. The molecule has 0 unspecified atom stereocenters. The topological polar surface area (TPSA) is 61.2 Å². The minimum absolute atomic E-state index is 0.0621. The van der Waals surface area contributed by atoms with Crippen LogP contribution in [0.25, 0.3) is 0 Å². The highest BCUT2D eigenvalue weighted by Gasteiger charge is 2.59. The van der Waals surface area contributed by atoms with Crippen molar-refractivity contribution < 1.29 is 9.59 Å². The molecule has 1 aromatic rings. The normalized spacial score (nSPS) is 33.2. The highest BCUT2D eigenvalue weighted by molar-refractivity contribution is 6.22. The fourth-order valence-electron chi connectivity index (χ4n) is 4.14. The van der Waals surface area contributed by atoms with E-state index in [9.17, 15) is 9.59 Å². The van der Waals surface area contributed by atoms with E-state index in [-0.39, 0.29) is 41.4 Å². The van der Waals surface area contributed by atoms with Gasteiger partial charge >= 0.3 is 0 Å². The second-order valence-electron chi connectivity index (χ2n) is 6.45. The molecule has 2 amide bonds.